The fourth-order valence-corrected chi connectivity index (χ4v) is 8.13. The Morgan fingerprint density at radius 3 is 2.17 bits per heavy atom. The molecule has 4 aromatic rings. The van der Waals surface area contributed by atoms with Gasteiger partial charge in [0, 0.05) is 29.1 Å². The predicted molar refractivity (Wildman–Crippen MR) is 193 cm³/mol. The van der Waals surface area contributed by atoms with Crippen molar-refractivity contribution in [2.45, 2.75) is 69.0 Å². The van der Waals surface area contributed by atoms with E-state index >= 15 is 0 Å². The van der Waals surface area contributed by atoms with E-state index in [4.69, 9.17) is 34.8 Å². The van der Waals surface area contributed by atoms with Crippen molar-refractivity contribution in [3.63, 3.8) is 0 Å². The van der Waals surface area contributed by atoms with Gasteiger partial charge in [-0.2, -0.15) is 0 Å². The van der Waals surface area contributed by atoms with Gasteiger partial charge in [-0.3, -0.25) is 13.9 Å². The van der Waals surface area contributed by atoms with Gasteiger partial charge < -0.3 is 10.2 Å². The lowest BCUT2D eigenvalue weighted by molar-refractivity contribution is -0.140. The lowest BCUT2D eigenvalue weighted by Crippen LogP contribution is -2.55. The Morgan fingerprint density at radius 1 is 0.833 bits per heavy atom. The molecule has 5 rings (SSSR count). The van der Waals surface area contributed by atoms with Gasteiger partial charge in [-0.25, -0.2) is 8.42 Å². The zero-order valence-corrected chi connectivity index (χ0v) is 29.7. The molecule has 1 aliphatic carbocycles. The van der Waals surface area contributed by atoms with Crippen LogP contribution in [0.1, 0.15) is 48.8 Å². The molecule has 0 aromatic heterocycles. The van der Waals surface area contributed by atoms with Gasteiger partial charge in [0.15, 0.2) is 0 Å². The van der Waals surface area contributed by atoms with Gasteiger partial charge in [0.2, 0.25) is 11.8 Å². The van der Waals surface area contributed by atoms with Crippen LogP contribution in [0, 0.1) is 6.92 Å². The second-order valence-corrected chi connectivity index (χ2v) is 15.2. The molecule has 0 aliphatic heterocycles. The van der Waals surface area contributed by atoms with Crippen LogP contribution in [0.15, 0.2) is 102 Å². The molecule has 0 heterocycles. The summed E-state index contributed by atoms with van der Waals surface area (Å²) in [6, 6.07) is 26.2. The minimum Gasteiger partial charge on any atom is -0.352 e. The van der Waals surface area contributed by atoms with Gasteiger partial charge in [0.25, 0.3) is 10.0 Å². The number of amides is 2. The number of nitrogens with zero attached hydrogens (tertiary/aromatic N) is 2. The lowest BCUT2D eigenvalue weighted by Gasteiger charge is -2.35. The zero-order valence-electron chi connectivity index (χ0n) is 26.6. The van der Waals surface area contributed by atoms with Crippen LogP contribution < -0.4 is 9.62 Å². The van der Waals surface area contributed by atoms with E-state index in [0.29, 0.717) is 15.6 Å². The number of aryl methyl sites for hydroxylation is 1. The number of anilines is 1. The molecule has 7 nitrogen and oxygen atoms in total. The Balaban J connectivity index is 1.59. The number of hydrogen-bond donors (Lipinski definition) is 1. The molecule has 0 radical (unpaired) electrons. The van der Waals surface area contributed by atoms with Crippen LogP contribution in [0.4, 0.5) is 5.69 Å². The van der Waals surface area contributed by atoms with E-state index in [2.05, 4.69) is 5.32 Å². The van der Waals surface area contributed by atoms with Crippen LogP contribution in [0.3, 0.4) is 0 Å². The maximum absolute atomic E-state index is 14.7. The summed E-state index contributed by atoms with van der Waals surface area (Å²) >= 11 is 19.4. The number of carbonyl (C=O) groups excluding carboxylic acids is 2. The van der Waals surface area contributed by atoms with Crippen LogP contribution in [0.2, 0.25) is 15.1 Å². The van der Waals surface area contributed by atoms with Crippen molar-refractivity contribution in [3.05, 3.63) is 129 Å². The van der Waals surface area contributed by atoms with Crippen LogP contribution in [0.5, 0.6) is 0 Å². The first-order valence-corrected chi connectivity index (χ1v) is 18.5. The van der Waals surface area contributed by atoms with E-state index < -0.39 is 28.5 Å². The number of rotatable bonds is 12. The number of nitrogens with one attached hydrogen (secondary N) is 1. The minimum atomic E-state index is -4.28. The second kappa shape index (κ2) is 16.2. The van der Waals surface area contributed by atoms with Crippen molar-refractivity contribution in [2.75, 3.05) is 10.8 Å². The number of hydrogen-bond acceptors (Lipinski definition) is 4. The summed E-state index contributed by atoms with van der Waals surface area (Å²) in [5.74, 6) is -0.911. The quantitative estimate of drug-likeness (QED) is 0.159. The average Bonchev–Trinajstić information content (AvgIpc) is 3.07. The van der Waals surface area contributed by atoms with Crippen LogP contribution >= 0.6 is 34.8 Å². The largest absolute Gasteiger partial charge is 0.352 e. The fourth-order valence-electron chi connectivity index (χ4n) is 5.94. The number of para-hydroxylation sites is 1. The second-order valence-electron chi connectivity index (χ2n) is 12.1. The van der Waals surface area contributed by atoms with E-state index in [1.807, 2.05) is 37.3 Å². The number of halogens is 3. The summed E-state index contributed by atoms with van der Waals surface area (Å²) in [6.45, 7) is 1.18. The Hall–Kier alpha value is -3.56. The molecule has 1 aliphatic rings. The topological polar surface area (TPSA) is 86.8 Å². The van der Waals surface area contributed by atoms with Gasteiger partial charge >= 0.3 is 0 Å². The molecule has 4 aromatic carbocycles. The normalized spacial score (nSPS) is 14.2. The SMILES string of the molecule is Cc1ccc(S(=O)(=O)N(CC(=O)N(Cc2ccc(Cl)cc2Cl)C(Cc2ccccc2)C(=O)NC2CCCCC2)c2ccccc2Cl)cc1. The van der Waals surface area contributed by atoms with Gasteiger partial charge in [-0.15, -0.1) is 0 Å². The molecule has 1 unspecified atom stereocenters. The van der Waals surface area contributed by atoms with Crippen LogP contribution in [0.25, 0.3) is 0 Å². The molecule has 0 saturated heterocycles. The Bertz CT molecular complexity index is 1830. The maximum atomic E-state index is 14.7. The van der Waals surface area contributed by atoms with Crippen molar-refractivity contribution < 1.29 is 18.0 Å². The van der Waals surface area contributed by atoms with E-state index in [1.165, 1.54) is 17.0 Å². The first kappa shape index (κ1) is 35.7. The summed E-state index contributed by atoms with van der Waals surface area (Å²) in [6.07, 6.45) is 5.06. The average molecular weight is 727 g/mol. The third-order valence-corrected chi connectivity index (χ3v) is 11.3. The fraction of sp³-hybridized carbons (Fsp3) is 0.297. The molecule has 11 heteroatoms. The molecule has 1 saturated carbocycles. The summed E-state index contributed by atoms with van der Waals surface area (Å²) in [5.41, 5.74) is 2.43. The van der Waals surface area contributed by atoms with Crippen molar-refractivity contribution in [1.82, 2.24) is 10.2 Å². The van der Waals surface area contributed by atoms with Crippen LogP contribution in [-0.4, -0.2) is 43.8 Å². The molecule has 1 atom stereocenters. The molecular weight excluding hydrogens is 689 g/mol. The zero-order chi connectivity index (χ0) is 34.3. The van der Waals surface area contributed by atoms with E-state index in [0.717, 1.165) is 47.5 Å². The van der Waals surface area contributed by atoms with E-state index in [9.17, 15) is 18.0 Å². The molecule has 48 heavy (non-hydrogen) atoms. The highest BCUT2D eigenvalue weighted by Crippen LogP contribution is 2.32. The highest BCUT2D eigenvalue weighted by atomic mass is 35.5. The third-order valence-electron chi connectivity index (χ3n) is 8.59. The molecule has 252 valence electrons. The number of carbonyl (C=O) groups is 2. The van der Waals surface area contributed by atoms with Crippen molar-refractivity contribution >= 4 is 62.3 Å². The molecule has 0 bridgehead atoms. The minimum absolute atomic E-state index is 0.00370. The maximum Gasteiger partial charge on any atom is 0.264 e. The Kier molecular flexibility index (Phi) is 12.1. The first-order valence-electron chi connectivity index (χ1n) is 15.9. The predicted octanol–water partition coefficient (Wildman–Crippen LogP) is 8.24. The van der Waals surface area contributed by atoms with Crippen molar-refractivity contribution in [2.24, 2.45) is 0 Å². The van der Waals surface area contributed by atoms with Gasteiger partial charge in [-0.1, -0.05) is 120 Å². The van der Waals surface area contributed by atoms with Crippen molar-refractivity contribution in [3.8, 4) is 0 Å². The summed E-state index contributed by atoms with van der Waals surface area (Å²) in [7, 11) is -4.28. The van der Waals surface area contributed by atoms with E-state index in [-0.39, 0.29) is 40.5 Å². The highest BCUT2D eigenvalue weighted by Gasteiger charge is 2.36. The lowest BCUT2D eigenvalue weighted by atomic mass is 9.94. The van der Waals surface area contributed by atoms with Crippen LogP contribution in [-0.2, 0) is 32.6 Å². The standard InChI is InChI=1S/C37H38Cl3N3O4S/c1-26-16-20-31(21-17-26)48(46,47)43(34-15-9-8-14-32(34)39)25-36(44)42(24-28-18-19-29(38)23-33(28)40)35(22-27-10-4-2-5-11-27)37(45)41-30-12-6-3-7-13-30/h2,4-5,8-11,14-21,23,30,35H,3,6-7,12-13,22,24-25H2,1H3,(H,41,45). The number of sulfonamides is 1. The Morgan fingerprint density at radius 2 is 1.50 bits per heavy atom. The van der Waals surface area contributed by atoms with Gasteiger partial charge in [-0.05, 0) is 67.3 Å². The molecule has 1 fully saturated rings. The number of benzene rings is 4. The monoisotopic (exact) mass is 725 g/mol. The smallest absolute Gasteiger partial charge is 0.264 e. The molecule has 2 amide bonds. The third kappa shape index (κ3) is 8.91. The molecule has 0 spiro atoms. The van der Waals surface area contributed by atoms with Gasteiger partial charge in [0.1, 0.15) is 12.6 Å². The summed E-state index contributed by atoms with van der Waals surface area (Å²) in [4.78, 5) is 30.4. The molecular formula is C37H38Cl3N3O4S. The van der Waals surface area contributed by atoms with Crippen molar-refractivity contribution in [1.29, 1.82) is 0 Å². The summed E-state index contributed by atoms with van der Waals surface area (Å²) < 4.78 is 29.5. The first-order chi connectivity index (χ1) is 23.0. The van der Waals surface area contributed by atoms with E-state index in [1.54, 1.807) is 54.6 Å². The van der Waals surface area contributed by atoms with Gasteiger partial charge in [0.05, 0.1) is 15.6 Å². The summed E-state index contributed by atoms with van der Waals surface area (Å²) in [5, 5.41) is 4.10. The Labute approximate surface area is 297 Å². The molecule has 1 N–H and O–H groups in total. The highest BCUT2D eigenvalue weighted by molar-refractivity contribution is 7.92.